The molecule has 0 heterocycles. The van der Waals surface area contributed by atoms with E-state index in [0.29, 0.717) is 0 Å². The average Bonchev–Trinajstić information content (AvgIpc) is 2.55. The number of sulfonamides is 1. The molecule has 1 rings (SSSR count). The van der Waals surface area contributed by atoms with Crippen LogP contribution >= 0.6 is 0 Å². The van der Waals surface area contributed by atoms with Crippen LogP contribution in [0.2, 0.25) is 0 Å². The molecule has 0 fully saturated rings. The maximum absolute atomic E-state index is 11.8. The number of carboxylic acid groups (broad SMARTS) is 1. The van der Waals surface area contributed by atoms with Gasteiger partial charge in [0.2, 0.25) is 10.0 Å². The van der Waals surface area contributed by atoms with Gasteiger partial charge in [-0.05, 0) is 24.8 Å². The molecular formula is C16H24N2O6S. The third-order valence-corrected chi connectivity index (χ3v) is 5.07. The number of hydrogen-bond acceptors (Lipinski definition) is 6. The molecule has 2 atom stereocenters. The quantitative estimate of drug-likeness (QED) is 0.575. The van der Waals surface area contributed by atoms with Crippen LogP contribution in [-0.4, -0.2) is 55.2 Å². The number of carbonyl (C=O) groups excluding carboxylic acids is 1. The molecular weight excluding hydrogens is 348 g/mol. The molecule has 0 saturated carbocycles. The lowest BCUT2D eigenvalue weighted by molar-refractivity contribution is -0.146. The van der Waals surface area contributed by atoms with Crippen molar-refractivity contribution < 1.29 is 27.9 Å². The molecule has 0 saturated heterocycles. The zero-order valence-corrected chi connectivity index (χ0v) is 15.1. The number of likely N-dealkylation sites (N-methyl/N-ethyl adjacent to an activating group) is 1. The zero-order chi connectivity index (χ0) is 19.0. The van der Waals surface area contributed by atoms with Gasteiger partial charge in [0.05, 0.1) is 6.26 Å². The molecule has 9 heteroatoms. The number of hydrogen-bond donors (Lipinski definition) is 2. The Hall–Kier alpha value is -1.97. The maximum atomic E-state index is 11.8. The van der Waals surface area contributed by atoms with E-state index in [9.17, 15) is 18.0 Å². The molecule has 0 amide bonds. The Morgan fingerprint density at radius 2 is 1.84 bits per heavy atom. The fourth-order valence-corrected chi connectivity index (χ4v) is 2.83. The van der Waals surface area contributed by atoms with Crippen molar-refractivity contribution in [3.63, 3.8) is 0 Å². The highest BCUT2D eigenvalue weighted by atomic mass is 32.2. The van der Waals surface area contributed by atoms with Crippen LogP contribution in [0.15, 0.2) is 30.3 Å². The van der Waals surface area contributed by atoms with E-state index in [1.807, 2.05) is 30.3 Å². The van der Waals surface area contributed by atoms with Gasteiger partial charge in [-0.25, -0.2) is 8.42 Å². The number of carboxylic acids is 1. The topological polar surface area (TPSA) is 127 Å². The molecule has 8 nitrogen and oxygen atoms in total. The third-order valence-electron chi connectivity index (χ3n) is 3.77. The van der Waals surface area contributed by atoms with Crippen molar-refractivity contribution in [2.75, 3.05) is 13.3 Å². The van der Waals surface area contributed by atoms with Gasteiger partial charge in [0.15, 0.2) is 0 Å². The first-order chi connectivity index (χ1) is 11.6. The second-order valence-corrected chi connectivity index (χ2v) is 7.81. The summed E-state index contributed by atoms with van der Waals surface area (Å²) in [5.74, 6) is -1.82. The lowest BCUT2D eigenvalue weighted by Gasteiger charge is -2.22. The van der Waals surface area contributed by atoms with E-state index in [1.165, 1.54) is 7.05 Å². The van der Waals surface area contributed by atoms with Gasteiger partial charge in [0, 0.05) is 7.05 Å². The van der Waals surface area contributed by atoms with E-state index in [2.05, 4.69) is 0 Å². The van der Waals surface area contributed by atoms with Gasteiger partial charge in [-0.2, -0.15) is 4.31 Å². The number of carbonyl (C=O) groups is 2. The monoisotopic (exact) mass is 372 g/mol. The van der Waals surface area contributed by atoms with Crippen LogP contribution in [0.25, 0.3) is 0 Å². The first kappa shape index (κ1) is 21.1. The Balaban J connectivity index is 2.45. The number of nitrogens with zero attached hydrogens (tertiary/aromatic N) is 1. The van der Waals surface area contributed by atoms with Crippen LogP contribution in [0.5, 0.6) is 0 Å². The van der Waals surface area contributed by atoms with E-state index < -0.39 is 34.0 Å². The Morgan fingerprint density at radius 1 is 1.24 bits per heavy atom. The summed E-state index contributed by atoms with van der Waals surface area (Å²) in [6.07, 6.45) is 1.47. The largest absolute Gasteiger partial charge is 0.480 e. The fourth-order valence-electron chi connectivity index (χ4n) is 2.18. The van der Waals surface area contributed by atoms with E-state index in [0.717, 1.165) is 16.1 Å². The summed E-state index contributed by atoms with van der Waals surface area (Å²) >= 11 is 0. The van der Waals surface area contributed by atoms with Gasteiger partial charge in [0.25, 0.3) is 0 Å². The third kappa shape index (κ3) is 7.20. The maximum Gasteiger partial charge on any atom is 0.323 e. The van der Waals surface area contributed by atoms with Gasteiger partial charge < -0.3 is 15.6 Å². The number of benzene rings is 1. The number of nitrogens with two attached hydrogens (primary N) is 1. The summed E-state index contributed by atoms with van der Waals surface area (Å²) in [6, 6.07) is 7.06. The van der Waals surface area contributed by atoms with Gasteiger partial charge in [-0.15, -0.1) is 0 Å². The summed E-state index contributed by atoms with van der Waals surface area (Å²) in [7, 11) is -2.41. The van der Waals surface area contributed by atoms with Crippen molar-refractivity contribution in [1.29, 1.82) is 0 Å². The summed E-state index contributed by atoms with van der Waals surface area (Å²) in [5, 5.41) is 9.16. The lowest BCUT2D eigenvalue weighted by atomic mass is 10.1. The lowest BCUT2D eigenvalue weighted by Crippen LogP contribution is -2.42. The molecule has 25 heavy (non-hydrogen) atoms. The minimum Gasteiger partial charge on any atom is -0.480 e. The summed E-state index contributed by atoms with van der Waals surface area (Å²) in [4.78, 5) is 23.1. The molecule has 140 valence electrons. The molecule has 0 aliphatic heterocycles. The molecule has 1 unspecified atom stereocenters. The van der Waals surface area contributed by atoms with Crippen molar-refractivity contribution in [3.8, 4) is 0 Å². The van der Waals surface area contributed by atoms with Crippen LogP contribution < -0.4 is 5.73 Å². The summed E-state index contributed by atoms with van der Waals surface area (Å²) in [5.41, 5.74) is 6.59. The van der Waals surface area contributed by atoms with Crippen molar-refractivity contribution in [3.05, 3.63) is 35.9 Å². The summed E-state index contributed by atoms with van der Waals surface area (Å²) in [6.45, 7) is 0.113. The first-order valence-corrected chi connectivity index (χ1v) is 9.59. The van der Waals surface area contributed by atoms with Gasteiger partial charge in [-0.1, -0.05) is 30.3 Å². The number of ether oxygens (including phenoxy) is 1. The zero-order valence-electron chi connectivity index (χ0n) is 14.3. The second kappa shape index (κ2) is 9.50. The second-order valence-electron chi connectivity index (χ2n) is 5.76. The molecule has 0 radical (unpaired) electrons. The van der Waals surface area contributed by atoms with Crippen LogP contribution in [0.4, 0.5) is 0 Å². The van der Waals surface area contributed by atoms with E-state index in [1.54, 1.807) is 0 Å². The van der Waals surface area contributed by atoms with E-state index in [-0.39, 0.29) is 25.9 Å². The smallest absolute Gasteiger partial charge is 0.323 e. The van der Waals surface area contributed by atoms with E-state index in [4.69, 9.17) is 15.6 Å². The Kier molecular flexibility index (Phi) is 8.01. The highest BCUT2D eigenvalue weighted by Gasteiger charge is 2.29. The molecule has 3 N–H and O–H groups in total. The van der Waals surface area contributed by atoms with Crippen LogP contribution in [0.3, 0.4) is 0 Å². The van der Waals surface area contributed by atoms with Crippen molar-refractivity contribution in [2.45, 2.75) is 38.0 Å². The molecule has 0 bridgehead atoms. The minimum absolute atomic E-state index is 0.0541. The average molecular weight is 372 g/mol. The minimum atomic E-state index is -3.62. The first-order valence-electron chi connectivity index (χ1n) is 7.75. The van der Waals surface area contributed by atoms with Gasteiger partial charge >= 0.3 is 11.9 Å². The van der Waals surface area contributed by atoms with Crippen molar-refractivity contribution >= 4 is 22.0 Å². The fraction of sp³-hybridized carbons (Fsp3) is 0.500. The highest BCUT2D eigenvalue weighted by Crippen LogP contribution is 2.12. The van der Waals surface area contributed by atoms with Crippen LogP contribution in [0, 0.1) is 0 Å². The Labute approximate surface area is 147 Å². The molecule has 1 aromatic carbocycles. The van der Waals surface area contributed by atoms with E-state index >= 15 is 0 Å². The summed E-state index contributed by atoms with van der Waals surface area (Å²) < 4.78 is 28.8. The highest BCUT2D eigenvalue weighted by molar-refractivity contribution is 7.88. The molecule has 0 aromatic heterocycles. The SMILES string of the molecule is CN([C@@H](CCCC(N)C(=O)OCc1ccccc1)C(=O)O)S(C)(=O)=O. The predicted molar refractivity (Wildman–Crippen MR) is 92.1 cm³/mol. The Bertz CT molecular complexity index is 677. The number of rotatable bonds is 10. The molecule has 0 spiro atoms. The normalized spacial score (nSPS) is 14.1. The Morgan fingerprint density at radius 3 is 2.36 bits per heavy atom. The standard InChI is InChI=1S/C16H24N2O6S/c1-18(25(2,22)23)14(15(19)20)10-6-9-13(17)16(21)24-11-12-7-4-3-5-8-12/h3-5,7-8,13-14H,6,9-11,17H2,1-2H3,(H,19,20)/t13?,14-/m0/s1. The van der Waals surface area contributed by atoms with Gasteiger partial charge in [-0.3, -0.25) is 9.59 Å². The molecule has 0 aliphatic rings. The van der Waals surface area contributed by atoms with Crippen molar-refractivity contribution in [1.82, 2.24) is 4.31 Å². The van der Waals surface area contributed by atoms with Crippen LogP contribution in [0.1, 0.15) is 24.8 Å². The van der Waals surface area contributed by atoms with Crippen molar-refractivity contribution in [2.24, 2.45) is 5.73 Å². The van der Waals surface area contributed by atoms with Gasteiger partial charge in [0.1, 0.15) is 18.7 Å². The molecule has 0 aliphatic carbocycles. The number of esters is 1. The predicted octanol–water partition coefficient (Wildman–Crippen LogP) is 0.572. The van der Waals surface area contributed by atoms with Crippen LogP contribution in [-0.2, 0) is 31.0 Å². The molecule has 1 aromatic rings. The number of aliphatic carboxylic acids is 1.